The summed E-state index contributed by atoms with van der Waals surface area (Å²) in [6, 6.07) is 9.17. The van der Waals surface area contributed by atoms with E-state index in [1.807, 2.05) is 6.07 Å². The van der Waals surface area contributed by atoms with Crippen LogP contribution in [0.5, 0.6) is 0 Å². The van der Waals surface area contributed by atoms with Gasteiger partial charge in [-0.25, -0.2) is 0 Å². The topological polar surface area (TPSA) is 59.4 Å². The number of hydrogen-bond donors (Lipinski definition) is 1. The third-order valence-corrected chi connectivity index (χ3v) is 3.69. The van der Waals surface area contributed by atoms with E-state index in [0.717, 1.165) is 32.7 Å². The van der Waals surface area contributed by atoms with Gasteiger partial charge < -0.3 is 10.2 Å². The summed E-state index contributed by atoms with van der Waals surface area (Å²) in [5, 5.41) is 11.8. The minimum Gasteiger partial charge on any atom is -0.324 e. The molecule has 0 spiro atoms. The van der Waals surface area contributed by atoms with E-state index >= 15 is 0 Å². The summed E-state index contributed by atoms with van der Waals surface area (Å²) in [4.78, 5) is 16.7. The highest BCUT2D eigenvalue weighted by atomic mass is 16.2. The second-order valence-corrected chi connectivity index (χ2v) is 5.32. The molecule has 0 aromatic heterocycles. The van der Waals surface area contributed by atoms with Gasteiger partial charge in [0.2, 0.25) is 5.91 Å². The molecule has 0 atom stereocenters. The molecule has 0 saturated carbocycles. The Morgan fingerprint density at radius 1 is 1.24 bits per heavy atom. The highest BCUT2D eigenvalue weighted by Gasteiger charge is 2.18. The van der Waals surface area contributed by atoms with Crippen LogP contribution in [0, 0.1) is 11.3 Å². The van der Waals surface area contributed by atoms with Crippen LogP contribution in [0.15, 0.2) is 24.3 Å². The van der Waals surface area contributed by atoms with Crippen LogP contribution in [0.2, 0.25) is 0 Å². The molecule has 1 aromatic rings. The van der Waals surface area contributed by atoms with Crippen molar-refractivity contribution >= 4 is 11.6 Å². The van der Waals surface area contributed by atoms with Gasteiger partial charge in [-0.2, -0.15) is 5.26 Å². The molecule has 5 nitrogen and oxygen atoms in total. The molecule has 2 rings (SSSR count). The number of nitrogens with zero attached hydrogens (tertiary/aromatic N) is 3. The van der Waals surface area contributed by atoms with Crippen molar-refractivity contribution in [2.75, 3.05) is 44.6 Å². The summed E-state index contributed by atoms with van der Waals surface area (Å²) in [7, 11) is 0. The van der Waals surface area contributed by atoms with Crippen LogP contribution >= 0.6 is 0 Å². The summed E-state index contributed by atoms with van der Waals surface area (Å²) in [5.74, 6) is -0.0540. The SMILES string of the molecule is CCCN1CCN(CC(=O)Nc2ccccc2C#N)CC1. The van der Waals surface area contributed by atoms with Crippen molar-refractivity contribution in [3.8, 4) is 6.07 Å². The molecule has 1 N–H and O–H groups in total. The van der Waals surface area contributed by atoms with E-state index in [1.165, 1.54) is 6.42 Å². The Labute approximate surface area is 126 Å². The molecule has 1 fully saturated rings. The Kier molecular flexibility index (Phi) is 5.73. The Morgan fingerprint density at radius 2 is 1.90 bits per heavy atom. The maximum absolute atomic E-state index is 12.1. The monoisotopic (exact) mass is 286 g/mol. The zero-order valence-electron chi connectivity index (χ0n) is 12.5. The van der Waals surface area contributed by atoms with Crippen LogP contribution in [-0.4, -0.2) is 55.0 Å². The van der Waals surface area contributed by atoms with Gasteiger partial charge >= 0.3 is 0 Å². The van der Waals surface area contributed by atoms with Crippen molar-refractivity contribution in [2.24, 2.45) is 0 Å². The number of nitrogens with one attached hydrogen (secondary N) is 1. The fraction of sp³-hybridized carbons (Fsp3) is 0.500. The van der Waals surface area contributed by atoms with Crippen LogP contribution in [-0.2, 0) is 4.79 Å². The predicted molar refractivity (Wildman–Crippen MR) is 83.0 cm³/mol. The van der Waals surface area contributed by atoms with Crippen molar-refractivity contribution in [1.29, 1.82) is 5.26 Å². The number of amides is 1. The van der Waals surface area contributed by atoms with Gasteiger partial charge in [0.1, 0.15) is 6.07 Å². The van der Waals surface area contributed by atoms with Gasteiger partial charge in [-0.1, -0.05) is 19.1 Å². The van der Waals surface area contributed by atoms with E-state index in [9.17, 15) is 4.79 Å². The number of para-hydroxylation sites is 1. The molecule has 0 aliphatic carbocycles. The molecule has 1 aliphatic rings. The van der Waals surface area contributed by atoms with E-state index < -0.39 is 0 Å². The highest BCUT2D eigenvalue weighted by Crippen LogP contribution is 2.13. The van der Waals surface area contributed by atoms with E-state index in [4.69, 9.17) is 5.26 Å². The van der Waals surface area contributed by atoms with Crippen LogP contribution in [0.25, 0.3) is 0 Å². The summed E-state index contributed by atoms with van der Waals surface area (Å²) in [5.41, 5.74) is 1.09. The minimum atomic E-state index is -0.0540. The quantitative estimate of drug-likeness (QED) is 0.891. The Hall–Kier alpha value is -1.90. The molecule has 21 heavy (non-hydrogen) atoms. The fourth-order valence-electron chi connectivity index (χ4n) is 2.57. The first-order valence-electron chi connectivity index (χ1n) is 7.46. The summed E-state index contributed by atoms with van der Waals surface area (Å²) in [6.07, 6.45) is 1.17. The van der Waals surface area contributed by atoms with Gasteiger partial charge in [0.15, 0.2) is 0 Å². The zero-order valence-corrected chi connectivity index (χ0v) is 12.5. The van der Waals surface area contributed by atoms with Crippen LogP contribution in [0.3, 0.4) is 0 Å². The van der Waals surface area contributed by atoms with E-state index in [2.05, 4.69) is 28.1 Å². The summed E-state index contributed by atoms with van der Waals surface area (Å²) < 4.78 is 0. The zero-order chi connectivity index (χ0) is 15.1. The van der Waals surface area contributed by atoms with Gasteiger partial charge in [-0.3, -0.25) is 9.69 Å². The molecule has 1 saturated heterocycles. The molecule has 1 amide bonds. The van der Waals surface area contributed by atoms with E-state index in [-0.39, 0.29) is 5.91 Å². The van der Waals surface area contributed by atoms with Gasteiger partial charge in [0.05, 0.1) is 17.8 Å². The lowest BCUT2D eigenvalue weighted by Crippen LogP contribution is -2.48. The number of benzene rings is 1. The smallest absolute Gasteiger partial charge is 0.238 e. The number of nitriles is 1. The number of piperazine rings is 1. The lowest BCUT2D eigenvalue weighted by molar-refractivity contribution is -0.117. The average Bonchev–Trinajstić information content (AvgIpc) is 2.50. The third kappa shape index (κ3) is 4.55. The van der Waals surface area contributed by atoms with Crippen LogP contribution < -0.4 is 5.32 Å². The Bertz CT molecular complexity index is 515. The van der Waals surface area contributed by atoms with Gasteiger partial charge in [-0.15, -0.1) is 0 Å². The van der Waals surface area contributed by atoms with Crippen molar-refractivity contribution in [2.45, 2.75) is 13.3 Å². The van der Waals surface area contributed by atoms with Crippen LogP contribution in [0.1, 0.15) is 18.9 Å². The van der Waals surface area contributed by atoms with E-state index in [1.54, 1.807) is 18.2 Å². The lowest BCUT2D eigenvalue weighted by atomic mass is 10.2. The number of carbonyl (C=O) groups is 1. The second kappa shape index (κ2) is 7.77. The average molecular weight is 286 g/mol. The Balaban J connectivity index is 1.82. The van der Waals surface area contributed by atoms with Crippen molar-refractivity contribution in [1.82, 2.24) is 9.80 Å². The number of carbonyl (C=O) groups excluding carboxylic acids is 1. The number of hydrogen-bond acceptors (Lipinski definition) is 4. The highest BCUT2D eigenvalue weighted by molar-refractivity contribution is 5.93. The molecular formula is C16H22N4O. The molecule has 1 aromatic carbocycles. The normalized spacial score (nSPS) is 16.4. The second-order valence-electron chi connectivity index (χ2n) is 5.32. The van der Waals surface area contributed by atoms with Crippen molar-refractivity contribution in [3.63, 3.8) is 0 Å². The predicted octanol–water partition coefficient (Wildman–Crippen LogP) is 1.52. The van der Waals surface area contributed by atoms with Gasteiger partial charge in [0.25, 0.3) is 0 Å². The standard InChI is InChI=1S/C16H22N4O/c1-2-7-19-8-10-20(11-9-19)13-16(21)18-15-6-4-3-5-14(15)12-17/h3-6H,2,7-11,13H2,1H3,(H,18,21). The summed E-state index contributed by atoms with van der Waals surface area (Å²) in [6.45, 7) is 7.61. The fourth-order valence-corrected chi connectivity index (χ4v) is 2.57. The van der Waals surface area contributed by atoms with Gasteiger partial charge in [0, 0.05) is 26.2 Å². The van der Waals surface area contributed by atoms with Crippen molar-refractivity contribution in [3.05, 3.63) is 29.8 Å². The first kappa shape index (κ1) is 15.5. The third-order valence-electron chi connectivity index (χ3n) is 3.69. The Morgan fingerprint density at radius 3 is 2.57 bits per heavy atom. The maximum Gasteiger partial charge on any atom is 0.238 e. The van der Waals surface area contributed by atoms with Gasteiger partial charge in [-0.05, 0) is 25.1 Å². The molecule has 1 aliphatic heterocycles. The largest absolute Gasteiger partial charge is 0.324 e. The first-order valence-corrected chi connectivity index (χ1v) is 7.46. The molecule has 112 valence electrons. The molecule has 0 radical (unpaired) electrons. The molecule has 5 heteroatoms. The lowest BCUT2D eigenvalue weighted by Gasteiger charge is -2.34. The number of rotatable bonds is 5. The van der Waals surface area contributed by atoms with Crippen LogP contribution in [0.4, 0.5) is 5.69 Å². The molecule has 0 bridgehead atoms. The minimum absolute atomic E-state index is 0.0540. The molecule has 1 heterocycles. The van der Waals surface area contributed by atoms with E-state index in [0.29, 0.717) is 17.8 Å². The number of anilines is 1. The first-order chi connectivity index (χ1) is 10.2. The molecule has 0 unspecified atom stereocenters. The molecular weight excluding hydrogens is 264 g/mol. The van der Waals surface area contributed by atoms with Crippen molar-refractivity contribution < 1.29 is 4.79 Å². The summed E-state index contributed by atoms with van der Waals surface area (Å²) >= 11 is 0. The maximum atomic E-state index is 12.1.